The molecule has 1 amide bonds. The molecule has 5 nitrogen and oxygen atoms in total. The van der Waals surface area contributed by atoms with Crippen molar-refractivity contribution in [3.63, 3.8) is 0 Å². The highest BCUT2D eigenvalue weighted by Crippen LogP contribution is 2.25. The SMILES string of the molecule is CCN(CC)S(=O)(=O)c1ccc(Cl)c(C(=O)Nc2ccccc2Cc2ccccc2)c1. The van der Waals surface area contributed by atoms with Gasteiger partial charge in [-0.25, -0.2) is 8.42 Å². The van der Waals surface area contributed by atoms with Crippen LogP contribution in [0.5, 0.6) is 0 Å². The summed E-state index contributed by atoms with van der Waals surface area (Å²) in [5.74, 6) is -0.456. The van der Waals surface area contributed by atoms with E-state index >= 15 is 0 Å². The van der Waals surface area contributed by atoms with Crippen molar-refractivity contribution in [1.82, 2.24) is 4.31 Å². The van der Waals surface area contributed by atoms with Gasteiger partial charge >= 0.3 is 0 Å². The number of carbonyl (C=O) groups is 1. The van der Waals surface area contributed by atoms with Crippen LogP contribution in [0.15, 0.2) is 77.7 Å². The van der Waals surface area contributed by atoms with E-state index < -0.39 is 15.9 Å². The number of hydrogen-bond acceptors (Lipinski definition) is 3. The number of carbonyl (C=O) groups excluding carboxylic acids is 1. The number of benzene rings is 3. The van der Waals surface area contributed by atoms with Gasteiger partial charge in [-0.1, -0.05) is 74.0 Å². The normalized spacial score (nSPS) is 11.5. The predicted octanol–water partition coefficient (Wildman–Crippen LogP) is 5.21. The second-order valence-electron chi connectivity index (χ2n) is 7.00. The molecule has 1 N–H and O–H groups in total. The largest absolute Gasteiger partial charge is 0.322 e. The zero-order valence-corrected chi connectivity index (χ0v) is 19.1. The third-order valence-corrected chi connectivity index (χ3v) is 7.40. The fourth-order valence-electron chi connectivity index (χ4n) is 3.35. The Bertz CT molecular complexity index is 1160. The van der Waals surface area contributed by atoms with E-state index in [0.29, 0.717) is 25.2 Å². The lowest BCUT2D eigenvalue weighted by atomic mass is 10.0. The van der Waals surface area contributed by atoms with Crippen molar-refractivity contribution in [3.05, 3.63) is 94.5 Å². The van der Waals surface area contributed by atoms with Crippen molar-refractivity contribution in [2.75, 3.05) is 18.4 Å². The summed E-state index contributed by atoms with van der Waals surface area (Å²) in [7, 11) is -3.70. The van der Waals surface area contributed by atoms with Crippen LogP contribution in [0.4, 0.5) is 5.69 Å². The van der Waals surface area contributed by atoms with Gasteiger partial charge in [-0.2, -0.15) is 4.31 Å². The molecule has 3 aromatic carbocycles. The zero-order valence-electron chi connectivity index (χ0n) is 17.5. The van der Waals surface area contributed by atoms with Crippen LogP contribution < -0.4 is 5.32 Å². The molecular weight excluding hydrogens is 432 g/mol. The first-order valence-electron chi connectivity index (χ1n) is 10.1. The molecule has 0 aliphatic carbocycles. The summed E-state index contributed by atoms with van der Waals surface area (Å²) in [5, 5.41) is 3.08. The Kier molecular flexibility index (Phi) is 7.49. The van der Waals surface area contributed by atoms with E-state index in [-0.39, 0.29) is 15.5 Å². The van der Waals surface area contributed by atoms with Gasteiger partial charge in [0.2, 0.25) is 10.0 Å². The molecule has 0 fully saturated rings. The number of hydrogen-bond donors (Lipinski definition) is 1. The molecule has 0 unspecified atom stereocenters. The molecule has 0 aliphatic heterocycles. The fraction of sp³-hybridized carbons (Fsp3) is 0.208. The van der Waals surface area contributed by atoms with Crippen LogP contribution in [0.2, 0.25) is 5.02 Å². The van der Waals surface area contributed by atoms with E-state index in [1.165, 1.54) is 22.5 Å². The van der Waals surface area contributed by atoms with Crippen LogP contribution in [-0.4, -0.2) is 31.7 Å². The number of nitrogens with one attached hydrogen (secondary N) is 1. The second kappa shape index (κ2) is 10.1. The monoisotopic (exact) mass is 456 g/mol. The van der Waals surface area contributed by atoms with Gasteiger partial charge in [0.25, 0.3) is 5.91 Å². The Hall–Kier alpha value is -2.67. The molecule has 0 saturated heterocycles. The molecule has 0 radical (unpaired) electrons. The van der Waals surface area contributed by atoms with Crippen LogP contribution in [0.1, 0.15) is 35.3 Å². The number of rotatable bonds is 8. The first-order valence-corrected chi connectivity index (χ1v) is 11.9. The quantitative estimate of drug-likeness (QED) is 0.505. The maximum atomic E-state index is 13.0. The van der Waals surface area contributed by atoms with Gasteiger partial charge in [-0.3, -0.25) is 4.79 Å². The van der Waals surface area contributed by atoms with Crippen molar-refractivity contribution in [3.8, 4) is 0 Å². The molecule has 0 spiro atoms. The third-order valence-electron chi connectivity index (χ3n) is 5.03. The minimum atomic E-state index is -3.70. The first kappa shape index (κ1) is 23.0. The molecule has 0 atom stereocenters. The summed E-state index contributed by atoms with van der Waals surface area (Å²) in [5.41, 5.74) is 2.84. The summed E-state index contributed by atoms with van der Waals surface area (Å²) < 4.78 is 27.0. The highest BCUT2D eigenvalue weighted by atomic mass is 35.5. The smallest absolute Gasteiger partial charge is 0.257 e. The van der Waals surface area contributed by atoms with Gasteiger partial charge in [0.15, 0.2) is 0 Å². The van der Waals surface area contributed by atoms with E-state index in [4.69, 9.17) is 11.6 Å². The van der Waals surface area contributed by atoms with Crippen LogP contribution >= 0.6 is 11.6 Å². The van der Waals surface area contributed by atoms with Gasteiger partial charge < -0.3 is 5.32 Å². The van der Waals surface area contributed by atoms with Crippen molar-refractivity contribution >= 4 is 33.2 Å². The van der Waals surface area contributed by atoms with Crippen LogP contribution in [0.25, 0.3) is 0 Å². The molecular formula is C24H25ClN2O3S. The molecule has 0 bridgehead atoms. The number of amides is 1. The van der Waals surface area contributed by atoms with Gasteiger partial charge in [-0.05, 0) is 41.8 Å². The van der Waals surface area contributed by atoms with Gasteiger partial charge in [0.05, 0.1) is 15.5 Å². The number of nitrogens with zero attached hydrogens (tertiary/aromatic N) is 1. The van der Waals surface area contributed by atoms with Crippen LogP contribution in [-0.2, 0) is 16.4 Å². The molecule has 162 valence electrons. The predicted molar refractivity (Wildman–Crippen MR) is 125 cm³/mol. The highest BCUT2D eigenvalue weighted by molar-refractivity contribution is 7.89. The molecule has 7 heteroatoms. The van der Waals surface area contributed by atoms with Crippen LogP contribution in [0, 0.1) is 0 Å². The van der Waals surface area contributed by atoms with E-state index in [0.717, 1.165) is 11.1 Å². The van der Waals surface area contributed by atoms with Gasteiger partial charge in [0, 0.05) is 18.8 Å². The topological polar surface area (TPSA) is 66.5 Å². The Morgan fingerprint density at radius 3 is 2.26 bits per heavy atom. The Labute approximate surface area is 188 Å². The van der Waals surface area contributed by atoms with Crippen molar-refractivity contribution in [2.45, 2.75) is 25.2 Å². The molecule has 3 aromatic rings. The lowest BCUT2D eigenvalue weighted by Crippen LogP contribution is -2.30. The number of halogens is 1. The number of sulfonamides is 1. The van der Waals surface area contributed by atoms with Crippen molar-refractivity contribution in [1.29, 1.82) is 0 Å². The fourth-order valence-corrected chi connectivity index (χ4v) is 5.04. The van der Waals surface area contributed by atoms with Crippen molar-refractivity contribution < 1.29 is 13.2 Å². The summed E-state index contributed by atoms with van der Waals surface area (Å²) in [6.07, 6.45) is 0.654. The standard InChI is InChI=1S/C24H25ClN2O3S/c1-3-27(4-2)31(29,30)20-14-15-22(25)21(17-20)24(28)26-23-13-9-8-12-19(23)16-18-10-6-5-7-11-18/h5-15,17H,3-4,16H2,1-2H3,(H,26,28). The number of para-hydroxylation sites is 1. The second-order valence-corrected chi connectivity index (χ2v) is 9.35. The third kappa shape index (κ3) is 5.34. The van der Waals surface area contributed by atoms with E-state index in [1.54, 1.807) is 13.8 Å². The molecule has 0 heterocycles. The lowest BCUT2D eigenvalue weighted by molar-refractivity contribution is 0.102. The van der Waals surface area contributed by atoms with E-state index in [2.05, 4.69) is 5.32 Å². The summed E-state index contributed by atoms with van der Waals surface area (Å²) in [4.78, 5) is 13.1. The van der Waals surface area contributed by atoms with E-state index in [1.807, 2.05) is 54.6 Å². The average Bonchev–Trinajstić information content (AvgIpc) is 2.76. The summed E-state index contributed by atoms with van der Waals surface area (Å²) in [6, 6.07) is 21.7. The molecule has 0 saturated carbocycles. The maximum absolute atomic E-state index is 13.0. The zero-order chi connectivity index (χ0) is 22.4. The molecule has 31 heavy (non-hydrogen) atoms. The first-order chi connectivity index (χ1) is 14.9. The molecule has 0 aromatic heterocycles. The van der Waals surface area contributed by atoms with Gasteiger partial charge in [0.1, 0.15) is 0 Å². The minimum absolute atomic E-state index is 0.0447. The lowest BCUT2D eigenvalue weighted by Gasteiger charge is -2.19. The van der Waals surface area contributed by atoms with E-state index in [9.17, 15) is 13.2 Å². The maximum Gasteiger partial charge on any atom is 0.257 e. The minimum Gasteiger partial charge on any atom is -0.322 e. The Balaban J connectivity index is 1.90. The average molecular weight is 457 g/mol. The summed E-state index contributed by atoms with van der Waals surface area (Å²) >= 11 is 6.26. The Morgan fingerprint density at radius 2 is 1.58 bits per heavy atom. The highest BCUT2D eigenvalue weighted by Gasteiger charge is 2.24. The van der Waals surface area contributed by atoms with Gasteiger partial charge in [-0.15, -0.1) is 0 Å². The molecule has 3 rings (SSSR count). The summed E-state index contributed by atoms with van der Waals surface area (Å²) in [6.45, 7) is 4.23. The Morgan fingerprint density at radius 1 is 0.935 bits per heavy atom. The van der Waals surface area contributed by atoms with Crippen LogP contribution in [0.3, 0.4) is 0 Å². The molecule has 0 aliphatic rings. The van der Waals surface area contributed by atoms with Crippen molar-refractivity contribution in [2.24, 2.45) is 0 Å². The number of anilines is 1.